The molecule has 0 unspecified atom stereocenters. The minimum absolute atomic E-state index is 0.0297. The van der Waals surface area contributed by atoms with E-state index in [1.165, 1.54) is 18.2 Å². The van der Waals surface area contributed by atoms with Crippen LogP contribution in [0.2, 0.25) is 0 Å². The molecule has 1 N–H and O–H groups in total. The minimum atomic E-state index is -1.02. The number of benzene rings is 1. The molecule has 0 bridgehead atoms. The SMILES string of the molecule is N#C/C(=C/c1ccc(-c2cccc(C(=O)O)c2)o1)C(=O)N1CCCC1. The Kier molecular flexibility index (Phi) is 4.66. The largest absolute Gasteiger partial charge is 0.478 e. The molecule has 1 saturated heterocycles. The summed E-state index contributed by atoms with van der Waals surface area (Å²) < 4.78 is 5.66. The standard InChI is InChI=1S/C19H16N2O4/c20-12-15(18(22)21-8-1-2-9-21)11-16-6-7-17(25-16)13-4-3-5-14(10-13)19(23)24/h3-7,10-11H,1-2,8-9H2,(H,23,24)/b15-11-. The number of carbonyl (C=O) groups is 2. The average Bonchev–Trinajstić information content (AvgIpc) is 3.31. The topological polar surface area (TPSA) is 94.5 Å². The molecule has 0 spiro atoms. The van der Waals surface area contributed by atoms with Crippen molar-refractivity contribution in [2.75, 3.05) is 13.1 Å². The Morgan fingerprint density at radius 3 is 2.64 bits per heavy atom. The molecule has 1 amide bonds. The van der Waals surface area contributed by atoms with Crippen LogP contribution in [0, 0.1) is 11.3 Å². The number of amides is 1. The van der Waals surface area contributed by atoms with Crippen molar-refractivity contribution in [1.29, 1.82) is 5.26 Å². The fourth-order valence-electron chi connectivity index (χ4n) is 2.77. The van der Waals surface area contributed by atoms with Gasteiger partial charge in [-0.3, -0.25) is 4.79 Å². The summed E-state index contributed by atoms with van der Waals surface area (Å²) in [7, 11) is 0. The summed E-state index contributed by atoms with van der Waals surface area (Å²) >= 11 is 0. The molecule has 6 heteroatoms. The zero-order valence-electron chi connectivity index (χ0n) is 13.4. The van der Waals surface area contributed by atoms with Gasteiger partial charge in [-0.05, 0) is 37.1 Å². The van der Waals surface area contributed by atoms with Gasteiger partial charge in [-0.1, -0.05) is 12.1 Å². The number of aromatic carboxylic acids is 1. The fraction of sp³-hybridized carbons (Fsp3) is 0.211. The van der Waals surface area contributed by atoms with Crippen molar-refractivity contribution in [1.82, 2.24) is 4.90 Å². The molecule has 25 heavy (non-hydrogen) atoms. The third kappa shape index (κ3) is 3.61. The van der Waals surface area contributed by atoms with E-state index in [1.54, 1.807) is 29.2 Å². The molecule has 1 aliphatic rings. The van der Waals surface area contributed by atoms with E-state index in [4.69, 9.17) is 9.52 Å². The van der Waals surface area contributed by atoms with Crippen molar-refractivity contribution in [3.63, 3.8) is 0 Å². The molecule has 3 rings (SSSR count). The van der Waals surface area contributed by atoms with Crippen molar-refractivity contribution < 1.29 is 19.1 Å². The number of hydrogen-bond acceptors (Lipinski definition) is 4. The van der Waals surface area contributed by atoms with E-state index >= 15 is 0 Å². The van der Waals surface area contributed by atoms with Crippen LogP contribution in [-0.2, 0) is 4.79 Å². The Balaban J connectivity index is 1.85. The zero-order valence-corrected chi connectivity index (χ0v) is 13.4. The Morgan fingerprint density at radius 2 is 1.96 bits per heavy atom. The molecule has 1 fully saturated rings. The maximum atomic E-state index is 12.3. The van der Waals surface area contributed by atoms with Gasteiger partial charge < -0.3 is 14.4 Å². The molecule has 1 aromatic carbocycles. The van der Waals surface area contributed by atoms with E-state index in [1.807, 2.05) is 6.07 Å². The van der Waals surface area contributed by atoms with Gasteiger partial charge in [-0.25, -0.2) is 4.79 Å². The number of carbonyl (C=O) groups excluding carboxylic acids is 1. The summed E-state index contributed by atoms with van der Waals surface area (Å²) in [5, 5.41) is 18.3. The summed E-state index contributed by atoms with van der Waals surface area (Å²) in [6.07, 6.45) is 3.33. The van der Waals surface area contributed by atoms with Crippen LogP contribution >= 0.6 is 0 Å². The maximum absolute atomic E-state index is 12.3. The lowest BCUT2D eigenvalue weighted by molar-refractivity contribution is -0.125. The summed E-state index contributed by atoms with van der Waals surface area (Å²) in [5.74, 6) is -0.456. The number of likely N-dealkylation sites (tertiary alicyclic amines) is 1. The van der Waals surface area contributed by atoms with E-state index in [2.05, 4.69) is 0 Å². The van der Waals surface area contributed by atoms with Crippen molar-refractivity contribution in [2.24, 2.45) is 0 Å². The van der Waals surface area contributed by atoms with Gasteiger partial charge in [0.2, 0.25) is 0 Å². The first-order valence-corrected chi connectivity index (χ1v) is 7.93. The number of rotatable bonds is 4. The monoisotopic (exact) mass is 336 g/mol. The van der Waals surface area contributed by atoms with Gasteiger partial charge in [0.15, 0.2) is 0 Å². The van der Waals surface area contributed by atoms with Crippen LogP contribution < -0.4 is 0 Å². The van der Waals surface area contributed by atoms with Crippen molar-refractivity contribution in [3.05, 3.63) is 53.3 Å². The summed E-state index contributed by atoms with van der Waals surface area (Å²) in [6.45, 7) is 1.34. The summed E-state index contributed by atoms with van der Waals surface area (Å²) in [4.78, 5) is 25.0. The van der Waals surface area contributed by atoms with Crippen LogP contribution in [-0.4, -0.2) is 35.0 Å². The second-order valence-electron chi connectivity index (χ2n) is 5.76. The smallest absolute Gasteiger partial charge is 0.335 e. The predicted octanol–water partition coefficient (Wildman–Crippen LogP) is 3.17. The summed E-state index contributed by atoms with van der Waals surface area (Å²) in [5.41, 5.74) is 0.805. The Labute approximate surface area is 144 Å². The van der Waals surface area contributed by atoms with Crippen LogP contribution in [0.4, 0.5) is 0 Å². The molecular weight excluding hydrogens is 320 g/mol. The van der Waals surface area contributed by atoms with Crippen molar-refractivity contribution >= 4 is 18.0 Å². The second kappa shape index (κ2) is 7.05. The van der Waals surface area contributed by atoms with Crippen LogP contribution in [0.25, 0.3) is 17.4 Å². The van der Waals surface area contributed by atoms with Gasteiger partial charge >= 0.3 is 5.97 Å². The van der Waals surface area contributed by atoms with Crippen molar-refractivity contribution in [2.45, 2.75) is 12.8 Å². The van der Waals surface area contributed by atoms with Crippen LogP contribution in [0.1, 0.15) is 29.0 Å². The van der Waals surface area contributed by atoms with Crippen LogP contribution in [0.3, 0.4) is 0 Å². The van der Waals surface area contributed by atoms with E-state index in [-0.39, 0.29) is 17.0 Å². The fourth-order valence-corrected chi connectivity index (χ4v) is 2.77. The molecule has 0 atom stereocenters. The number of carboxylic acids is 1. The Morgan fingerprint density at radius 1 is 1.20 bits per heavy atom. The highest BCUT2D eigenvalue weighted by atomic mass is 16.4. The molecule has 126 valence electrons. The molecule has 0 aliphatic carbocycles. The minimum Gasteiger partial charge on any atom is -0.478 e. The van der Waals surface area contributed by atoms with Crippen LogP contribution in [0.15, 0.2) is 46.4 Å². The van der Waals surface area contributed by atoms with E-state index in [0.717, 1.165) is 12.8 Å². The lowest BCUT2D eigenvalue weighted by Crippen LogP contribution is -2.28. The lowest BCUT2D eigenvalue weighted by Gasteiger charge is -2.13. The molecule has 0 radical (unpaired) electrons. The number of hydrogen-bond donors (Lipinski definition) is 1. The summed E-state index contributed by atoms with van der Waals surface area (Å²) in [6, 6.07) is 11.6. The molecule has 0 saturated carbocycles. The van der Waals surface area contributed by atoms with Crippen LogP contribution in [0.5, 0.6) is 0 Å². The van der Waals surface area contributed by atoms with Gasteiger partial charge in [0.05, 0.1) is 5.56 Å². The Bertz CT molecular complexity index is 883. The normalized spacial score (nSPS) is 14.4. The average molecular weight is 336 g/mol. The number of carboxylic acid groups (broad SMARTS) is 1. The number of nitriles is 1. The third-order valence-corrected chi connectivity index (χ3v) is 4.05. The predicted molar refractivity (Wildman–Crippen MR) is 90.5 cm³/mol. The number of furan rings is 1. The molecule has 2 aromatic rings. The van der Waals surface area contributed by atoms with Gasteiger partial charge in [-0.2, -0.15) is 5.26 Å². The van der Waals surface area contributed by atoms with E-state index < -0.39 is 5.97 Å². The van der Waals surface area contributed by atoms with Crippen molar-refractivity contribution in [3.8, 4) is 17.4 Å². The number of nitrogens with zero attached hydrogens (tertiary/aromatic N) is 2. The maximum Gasteiger partial charge on any atom is 0.335 e. The third-order valence-electron chi connectivity index (χ3n) is 4.05. The quantitative estimate of drug-likeness (QED) is 0.683. The molecule has 1 aromatic heterocycles. The van der Waals surface area contributed by atoms with Gasteiger partial charge in [0, 0.05) is 24.7 Å². The first kappa shape index (κ1) is 16.5. The lowest BCUT2D eigenvalue weighted by atomic mass is 10.1. The molecule has 1 aliphatic heterocycles. The van der Waals surface area contributed by atoms with E-state index in [9.17, 15) is 14.9 Å². The van der Waals surface area contributed by atoms with E-state index in [0.29, 0.717) is 30.2 Å². The Hall–Kier alpha value is -3.33. The highest BCUT2D eigenvalue weighted by Gasteiger charge is 2.21. The molecular formula is C19H16N2O4. The molecule has 2 heterocycles. The first-order chi connectivity index (χ1) is 12.1. The highest BCUT2D eigenvalue weighted by molar-refractivity contribution is 6.01. The van der Waals surface area contributed by atoms with Gasteiger partial charge in [0.1, 0.15) is 23.2 Å². The van der Waals surface area contributed by atoms with Gasteiger partial charge in [-0.15, -0.1) is 0 Å². The van der Waals surface area contributed by atoms with Gasteiger partial charge in [0.25, 0.3) is 5.91 Å². The molecule has 6 nitrogen and oxygen atoms in total. The first-order valence-electron chi connectivity index (χ1n) is 7.93. The highest BCUT2D eigenvalue weighted by Crippen LogP contribution is 2.25. The second-order valence-corrected chi connectivity index (χ2v) is 5.76. The zero-order chi connectivity index (χ0) is 17.8.